The quantitative estimate of drug-likeness (QED) is 0.859. The van der Waals surface area contributed by atoms with Crippen LogP contribution in [0.5, 0.6) is 0 Å². The summed E-state index contributed by atoms with van der Waals surface area (Å²) in [5.74, 6) is 2.51. The molecule has 112 valence electrons. The second-order valence-corrected chi connectivity index (χ2v) is 6.54. The zero-order valence-corrected chi connectivity index (χ0v) is 12.6. The lowest BCUT2D eigenvalue weighted by Crippen LogP contribution is -2.45. The summed E-state index contributed by atoms with van der Waals surface area (Å²) in [7, 11) is 1.73. The highest BCUT2D eigenvalue weighted by Crippen LogP contribution is 2.29. The maximum Gasteiger partial charge on any atom is 0.245 e. The number of H-pyrrole nitrogens is 1. The second kappa shape index (κ2) is 5.33. The van der Waals surface area contributed by atoms with Crippen molar-refractivity contribution in [3.8, 4) is 0 Å². The van der Waals surface area contributed by atoms with E-state index in [-0.39, 0.29) is 5.60 Å². The van der Waals surface area contributed by atoms with Crippen molar-refractivity contribution in [2.24, 2.45) is 5.92 Å². The van der Waals surface area contributed by atoms with E-state index < -0.39 is 0 Å². The molecule has 0 spiro atoms. The van der Waals surface area contributed by atoms with Gasteiger partial charge in [-0.15, -0.1) is 5.10 Å². The number of nitrogens with one attached hydrogen (secondary N) is 2. The Hall–Kier alpha value is -1.14. The third kappa shape index (κ3) is 2.67. The van der Waals surface area contributed by atoms with Crippen molar-refractivity contribution >= 4 is 5.95 Å². The molecule has 2 N–H and O–H groups in total. The zero-order chi connectivity index (χ0) is 14.2. The fourth-order valence-electron chi connectivity index (χ4n) is 3.28. The molecule has 2 aliphatic rings. The smallest absolute Gasteiger partial charge is 0.245 e. The molecule has 2 unspecified atom stereocenters. The molecule has 0 radical (unpaired) electrons. The third-order valence-corrected chi connectivity index (χ3v) is 4.60. The van der Waals surface area contributed by atoms with Gasteiger partial charge in [-0.2, -0.15) is 4.98 Å². The standard InChI is InChI=1S/C14H25N5O/c1-14(2,20-3)7-12-16-13(18-17-12)19-6-4-5-10-8-15-9-11(10)19/h10-11,15H,4-9H2,1-3H3,(H,16,17,18). The molecular formula is C14H25N5O. The molecule has 6 heteroatoms. The Morgan fingerprint density at radius 3 is 3.05 bits per heavy atom. The van der Waals surface area contributed by atoms with Crippen molar-refractivity contribution in [1.82, 2.24) is 20.5 Å². The number of hydrogen-bond acceptors (Lipinski definition) is 5. The van der Waals surface area contributed by atoms with E-state index in [1.807, 2.05) is 0 Å². The van der Waals surface area contributed by atoms with Crippen molar-refractivity contribution < 1.29 is 4.74 Å². The summed E-state index contributed by atoms with van der Waals surface area (Å²) in [5, 5.41) is 11.0. The SMILES string of the molecule is COC(C)(C)Cc1nc(N2CCCC3CNCC32)n[nH]1. The molecule has 0 saturated carbocycles. The highest BCUT2D eigenvalue weighted by atomic mass is 16.5. The summed E-state index contributed by atoms with van der Waals surface area (Å²) in [5.41, 5.74) is -0.212. The van der Waals surface area contributed by atoms with Gasteiger partial charge in [0.15, 0.2) is 0 Å². The van der Waals surface area contributed by atoms with E-state index in [9.17, 15) is 0 Å². The molecule has 1 aromatic rings. The van der Waals surface area contributed by atoms with Gasteiger partial charge < -0.3 is 15.0 Å². The lowest BCUT2D eigenvalue weighted by atomic mass is 9.92. The summed E-state index contributed by atoms with van der Waals surface area (Å²) in [6.45, 7) is 7.38. The van der Waals surface area contributed by atoms with Crippen molar-refractivity contribution in [2.45, 2.75) is 44.8 Å². The number of fused-ring (bicyclic) bond motifs is 1. The third-order valence-electron chi connectivity index (χ3n) is 4.60. The number of anilines is 1. The van der Waals surface area contributed by atoms with Crippen LogP contribution in [0.2, 0.25) is 0 Å². The minimum absolute atomic E-state index is 0.212. The summed E-state index contributed by atoms with van der Waals surface area (Å²) < 4.78 is 5.45. The summed E-state index contributed by atoms with van der Waals surface area (Å²) in [6, 6.07) is 0.558. The van der Waals surface area contributed by atoms with Gasteiger partial charge in [-0.25, -0.2) is 0 Å². The van der Waals surface area contributed by atoms with E-state index in [4.69, 9.17) is 4.74 Å². The van der Waals surface area contributed by atoms with Gasteiger partial charge in [-0.05, 0) is 32.6 Å². The molecule has 0 aliphatic carbocycles. The number of hydrogen-bond donors (Lipinski definition) is 2. The Kier molecular flexibility index (Phi) is 3.69. The van der Waals surface area contributed by atoms with Crippen LogP contribution in [0, 0.1) is 5.92 Å². The molecule has 1 aromatic heterocycles. The molecular weight excluding hydrogens is 254 g/mol. The number of rotatable bonds is 4. The fraction of sp³-hybridized carbons (Fsp3) is 0.857. The van der Waals surface area contributed by atoms with Gasteiger partial charge in [0.2, 0.25) is 5.95 Å². The fourth-order valence-corrected chi connectivity index (χ4v) is 3.28. The van der Waals surface area contributed by atoms with Crippen LogP contribution in [0.1, 0.15) is 32.5 Å². The predicted molar refractivity (Wildman–Crippen MR) is 77.9 cm³/mol. The molecule has 2 fully saturated rings. The molecule has 3 heterocycles. The number of methoxy groups -OCH3 is 1. The van der Waals surface area contributed by atoms with E-state index in [0.29, 0.717) is 6.04 Å². The molecule has 0 aromatic carbocycles. The Morgan fingerprint density at radius 2 is 2.25 bits per heavy atom. The first-order valence-electron chi connectivity index (χ1n) is 7.53. The van der Waals surface area contributed by atoms with Gasteiger partial charge in [-0.1, -0.05) is 0 Å². The van der Waals surface area contributed by atoms with E-state index in [0.717, 1.165) is 43.7 Å². The topological polar surface area (TPSA) is 66.1 Å². The largest absolute Gasteiger partial charge is 0.378 e. The monoisotopic (exact) mass is 279 g/mol. The van der Waals surface area contributed by atoms with E-state index >= 15 is 0 Å². The van der Waals surface area contributed by atoms with E-state index in [2.05, 4.69) is 39.2 Å². The van der Waals surface area contributed by atoms with E-state index in [1.54, 1.807) is 7.11 Å². The number of ether oxygens (including phenoxy) is 1. The van der Waals surface area contributed by atoms with Crippen molar-refractivity contribution in [2.75, 3.05) is 31.6 Å². The van der Waals surface area contributed by atoms with Gasteiger partial charge in [0, 0.05) is 39.2 Å². The van der Waals surface area contributed by atoms with Crippen LogP contribution in [0.4, 0.5) is 5.95 Å². The summed E-state index contributed by atoms with van der Waals surface area (Å²) >= 11 is 0. The molecule has 0 bridgehead atoms. The molecule has 2 saturated heterocycles. The van der Waals surface area contributed by atoms with Crippen LogP contribution >= 0.6 is 0 Å². The maximum absolute atomic E-state index is 5.45. The normalized spacial score (nSPS) is 26.9. The van der Waals surface area contributed by atoms with Crippen LogP contribution in [-0.4, -0.2) is 53.6 Å². The first kappa shape index (κ1) is 13.8. The summed E-state index contributed by atoms with van der Waals surface area (Å²) in [6.07, 6.45) is 3.30. The molecule has 2 atom stereocenters. The highest BCUT2D eigenvalue weighted by molar-refractivity contribution is 5.33. The molecule has 2 aliphatic heterocycles. The lowest BCUT2D eigenvalue weighted by Gasteiger charge is -2.36. The minimum atomic E-state index is -0.212. The number of piperidine rings is 1. The first-order valence-corrected chi connectivity index (χ1v) is 7.53. The lowest BCUT2D eigenvalue weighted by molar-refractivity contribution is 0.0216. The minimum Gasteiger partial charge on any atom is -0.378 e. The summed E-state index contributed by atoms with van der Waals surface area (Å²) in [4.78, 5) is 7.05. The number of aromatic nitrogens is 3. The van der Waals surface area contributed by atoms with Crippen molar-refractivity contribution in [1.29, 1.82) is 0 Å². The average molecular weight is 279 g/mol. The van der Waals surface area contributed by atoms with Gasteiger partial charge in [0.1, 0.15) is 5.82 Å². The zero-order valence-electron chi connectivity index (χ0n) is 12.6. The first-order chi connectivity index (χ1) is 9.59. The van der Waals surface area contributed by atoms with Crippen LogP contribution in [-0.2, 0) is 11.2 Å². The molecule has 20 heavy (non-hydrogen) atoms. The Balaban J connectivity index is 1.73. The second-order valence-electron chi connectivity index (χ2n) is 6.54. The molecule has 3 rings (SSSR count). The average Bonchev–Trinajstić information content (AvgIpc) is 3.06. The Morgan fingerprint density at radius 1 is 1.40 bits per heavy atom. The number of aromatic amines is 1. The van der Waals surface area contributed by atoms with Crippen LogP contribution in [0.25, 0.3) is 0 Å². The van der Waals surface area contributed by atoms with Crippen molar-refractivity contribution in [3.63, 3.8) is 0 Å². The van der Waals surface area contributed by atoms with Gasteiger partial charge in [0.05, 0.1) is 5.60 Å². The van der Waals surface area contributed by atoms with Gasteiger partial charge >= 0.3 is 0 Å². The molecule has 6 nitrogen and oxygen atoms in total. The van der Waals surface area contributed by atoms with Gasteiger partial charge in [0.25, 0.3) is 0 Å². The van der Waals surface area contributed by atoms with Crippen LogP contribution in [0.15, 0.2) is 0 Å². The van der Waals surface area contributed by atoms with Crippen molar-refractivity contribution in [3.05, 3.63) is 5.82 Å². The van der Waals surface area contributed by atoms with Gasteiger partial charge in [-0.3, -0.25) is 5.10 Å². The van der Waals surface area contributed by atoms with E-state index in [1.165, 1.54) is 12.8 Å². The Labute approximate surface area is 120 Å². The highest BCUT2D eigenvalue weighted by Gasteiger charge is 2.36. The maximum atomic E-state index is 5.45. The predicted octanol–water partition coefficient (Wildman–Crippen LogP) is 0.960. The van der Waals surface area contributed by atoms with Crippen LogP contribution < -0.4 is 10.2 Å². The van der Waals surface area contributed by atoms with Crippen LogP contribution in [0.3, 0.4) is 0 Å². The molecule has 0 amide bonds. The Bertz CT molecular complexity index is 458. The number of nitrogens with zero attached hydrogens (tertiary/aromatic N) is 3.